The first-order valence-corrected chi connectivity index (χ1v) is 11.5. The lowest BCUT2D eigenvalue weighted by Crippen LogP contribution is -2.31. The third kappa shape index (κ3) is 6.98. The van der Waals surface area contributed by atoms with E-state index < -0.39 is 8.32 Å². The topological polar surface area (TPSA) is 75.0 Å². The zero-order valence-electron chi connectivity index (χ0n) is 15.6. The molecule has 0 aliphatic rings. The number of hydrogen-bond donors (Lipinski definition) is 2. The second-order valence-corrected chi connectivity index (χ2v) is 10.5. The maximum Gasteiger partial charge on any atom is 0.203 e. The van der Waals surface area contributed by atoms with Gasteiger partial charge in [-0.1, -0.05) is 0 Å². The number of nitrogens with two attached hydrogens (primary N) is 1. The SMILES string of the molecule is CCO[Si](C)(C)CCCNCCOc1c(OC)cc(N)cc1OC. The van der Waals surface area contributed by atoms with E-state index in [9.17, 15) is 0 Å². The first-order valence-electron chi connectivity index (χ1n) is 8.42. The highest BCUT2D eigenvalue weighted by Gasteiger charge is 2.20. The maximum absolute atomic E-state index is 5.82. The Balaban J connectivity index is 2.33. The fourth-order valence-electron chi connectivity index (χ4n) is 2.49. The summed E-state index contributed by atoms with van der Waals surface area (Å²) in [6, 6.07) is 4.62. The minimum Gasteiger partial charge on any atom is -0.493 e. The number of ether oxygens (including phenoxy) is 3. The van der Waals surface area contributed by atoms with E-state index in [1.54, 1.807) is 26.4 Å². The molecule has 0 aromatic heterocycles. The Morgan fingerprint density at radius 1 is 1.08 bits per heavy atom. The molecule has 0 atom stereocenters. The molecule has 0 spiro atoms. The van der Waals surface area contributed by atoms with Gasteiger partial charge in [0.25, 0.3) is 0 Å². The van der Waals surface area contributed by atoms with Gasteiger partial charge in [0.05, 0.1) is 14.2 Å². The van der Waals surface area contributed by atoms with Crippen molar-refractivity contribution in [2.45, 2.75) is 32.5 Å². The van der Waals surface area contributed by atoms with Gasteiger partial charge in [0.1, 0.15) is 6.61 Å². The van der Waals surface area contributed by atoms with E-state index in [1.165, 1.54) is 0 Å². The second kappa shape index (κ2) is 10.4. The van der Waals surface area contributed by atoms with Crippen molar-refractivity contribution in [3.63, 3.8) is 0 Å². The summed E-state index contributed by atoms with van der Waals surface area (Å²) < 4.78 is 22.3. The molecule has 0 amide bonds. The number of rotatable bonds is 12. The number of anilines is 1. The molecule has 7 heteroatoms. The summed E-state index contributed by atoms with van der Waals surface area (Å²) in [5.41, 5.74) is 6.39. The summed E-state index contributed by atoms with van der Waals surface area (Å²) in [6.45, 7) is 9.65. The summed E-state index contributed by atoms with van der Waals surface area (Å²) in [5, 5.41) is 3.39. The van der Waals surface area contributed by atoms with Crippen LogP contribution in [0.3, 0.4) is 0 Å². The Morgan fingerprint density at radius 3 is 2.25 bits per heavy atom. The summed E-state index contributed by atoms with van der Waals surface area (Å²) in [6.07, 6.45) is 1.12. The molecule has 0 fully saturated rings. The molecule has 0 saturated heterocycles. The fraction of sp³-hybridized carbons (Fsp3) is 0.647. The number of nitrogen functional groups attached to an aromatic ring is 1. The zero-order chi connectivity index (χ0) is 18.0. The summed E-state index contributed by atoms with van der Waals surface area (Å²) in [5.74, 6) is 1.74. The summed E-state index contributed by atoms with van der Waals surface area (Å²) in [7, 11) is 1.70. The molecular formula is C17H32N2O4Si. The molecule has 1 aromatic carbocycles. The van der Waals surface area contributed by atoms with Crippen LogP contribution in [0.25, 0.3) is 0 Å². The molecular weight excluding hydrogens is 324 g/mol. The molecule has 1 aromatic rings. The molecule has 0 saturated carbocycles. The smallest absolute Gasteiger partial charge is 0.203 e. The van der Waals surface area contributed by atoms with Gasteiger partial charge >= 0.3 is 0 Å². The molecule has 3 N–H and O–H groups in total. The quantitative estimate of drug-likeness (QED) is 0.341. The first kappa shape index (κ1) is 20.6. The van der Waals surface area contributed by atoms with E-state index in [-0.39, 0.29) is 0 Å². The minimum absolute atomic E-state index is 0.531. The largest absolute Gasteiger partial charge is 0.493 e. The molecule has 24 heavy (non-hydrogen) atoms. The van der Waals surface area contributed by atoms with Crippen molar-refractivity contribution >= 4 is 14.0 Å². The molecule has 138 valence electrons. The third-order valence-electron chi connectivity index (χ3n) is 3.68. The first-order chi connectivity index (χ1) is 11.4. The van der Waals surface area contributed by atoms with E-state index in [2.05, 4.69) is 25.3 Å². The van der Waals surface area contributed by atoms with Gasteiger partial charge in [-0.2, -0.15) is 0 Å². The van der Waals surface area contributed by atoms with Crippen LogP contribution in [0.5, 0.6) is 17.2 Å². The number of benzene rings is 1. The van der Waals surface area contributed by atoms with Crippen molar-refractivity contribution in [3.05, 3.63) is 12.1 Å². The van der Waals surface area contributed by atoms with Crippen molar-refractivity contribution in [3.8, 4) is 17.2 Å². The molecule has 6 nitrogen and oxygen atoms in total. The third-order valence-corrected chi connectivity index (χ3v) is 6.30. The number of nitrogens with one attached hydrogen (secondary N) is 1. The molecule has 0 radical (unpaired) electrons. The summed E-state index contributed by atoms with van der Waals surface area (Å²) >= 11 is 0. The fourth-order valence-corrected chi connectivity index (χ4v) is 4.45. The van der Waals surface area contributed by atoms with E-state index in [4.69, 9.17) is 24.4 Å². The Hall–Kier alpha value is -1.44. The highest BCUT2D eigenvalue weighted by molar-refractivity contribution is 6.71. The standard InChI is InChI=1S/C17H32N2O4Si/c1-6-23-24(4,5)11-7-8-19-9-10-22-17-15(20-2)12-14(18)13-16(17)21-3/h12-13,19H,6-11,18H2,1-5H3. The van der Waals surface area contributed by atoms with E-state index in [1.807, 2.05) is 0 Å². The van der Waals surface area contributed by atoms with Gasteiger partial charge in [-0.25, -0.2) is 0 Å². The Labute approximate surface area is 146 Å². The van der Waals surface area contributed by atoms with Crippen LogP contribution < -0.4 is 25.3 Å². The molecule has 0 aliphatic carbocycles. The van der Waals surface area contributed by atoms with Crippen molar-refractivity contribution in [2.24, 2.45) is 0 Å². The van der Waals surface area contributed by atoms with Crippen LogP contribution in [0.2, 0.25) is 19.1 Å². The van der Waals surface area contributed by atoms with Gasteiger partial charge < -0.3 is 29.7 Å². The van der Waals surface area contributed by atoms with Crippen LogP contribution in [0.1, 0.15) is 13.3 Å². The van der Waals surface area contributed by atoms with Gasteiger partial charge in [0.15, 0.2) is 19.8 Å². The Bertz CT molecular complexity index is 472. The second-order valence-electron chi connectivity index (χ2n) is 6.15. The van der Waals surface area contributed by atoms with Gasteiger partial charge in [-0.3, -0.25) is 0 Å². The van der Waals surface area contributed by atoms with Crippen LogP contribution in [0, 0.1) is 0 Å². The summed E-state index contributed by atoms with van der Waals surface area (Å²) in [4.78, 5) is 0. The van der Waals surface area contributed by atoms with Crippen LogP contribution in [0.4, 0.5) is 5.69 Å². The van der Waals surface area contributed by atoms with Crippen LogP contribution in [-0.4, -0.2) is 48.8 Å². The van der Waals surface area contributed by atoms with Gasteiger partial charge in [-0.05, 0) is 39.0 Å². The van der Waals surface area contributed by atoms with Crippen LogP contribution in [0.15, 0.2) is 12.1 Å². The van der Waals surface area contributed by atoms with Crippen molar-refractivity contribution in [1.82, 2.24) is 5.32 Å². The van der Waals surface area contributed by atoms with Crippen molar-refractivity contribution in [2.75, 3.05) is 46.3 Å². The molecule has 1 rings (SSSR count). The lowest BCUT2D eigenvalue weighted by molar-refractivity contribution is 0.273. The molecule has 0 heterocycles. The predicted molar refractivity (Wildman–Crippen MR) is 101 cm³/mol. The Kier molecular flexibility index (Phi) is 8.95. The lowest BCUT2D eigenvalue weighted by atomic mass is 10.2. The van der Waals surface area contributed by atoms with E-state index in [0.717, 1.165) is 32.2 Å². The van der Waals surface area contributed by atoms with Crippen LogP contribution >= 0.6 is 0 Å². The zero-order valence-corrected chi connectivity index (χ0v) is 16.6. The maximum atomic E-state index is 5.82. The van der Waals surface area contributed by atoms with Gasteiger partial charge in [0, 0.05) is 31.0 Å². The van der Waals surface area contributed by atoms with Gasteiger partial charge in [0.2, 0.25) is 5.75 Å². The van der Waals surface area contributed by atoms with Crippen molar-refractivity contribution < 1.29 is 18.6 Å². The predicted octanol–water partition coefficient (Wildman–Crippen LogP) is 2.89. The number of methoxy groups -OCH3 is 2. The molecule has 0 bridgehead atoms. The highest BCUT2D eigenvalue weighted by atomic mass is 28.4. The molecule has 0 aliphatic heterocycles. The Morgan fingerprint density at radius 2 is 1.71 bits per heavy atom. The average Bonchev–Trinajstić information content (AvgIpc) is 2.54. The monoisotopic (exact) mass is 356 g/mol. The van der Waals surface area contributed by atoms with Gasteiger partial charge in [-0.15, -0.1) is 0 Å². The van der Waals surface area contributed by atoms with E-state index in [0.29, 0.717) is 29.5 Å². The van der Waals surface area contributed by atoms with Crippen molar-refractivity contribution in [1.29, 1.82) is 0 Å². The average molecular weight is 357 g/mol. The number of hydrogen-bond acceptors (Lipinski definition) is 6. The van der Waals surface area contributed by atoms with E-state index >= 15 is 0 Å². The van der Waals surface area contributed by atoms with Crippen LogP contribution in [-0.2, 0) is 4.43 Å². The normalized spacial score (nSPS) is 11.4. The highest BCUT2D eigenvalue weighted by Crippen LogP contribution is 2.39. The lowest BCUT2D eigenvalue weighted by Gasteiger charge is -2.21. The minimum atomic E-state index is -1.47. The molecule has 0 unspecified atom stereocenters.